The second-order valence-electron chi connectivity index (χ2n) is 12.2. The molecule has 0 heterocycles. The lowest BCUT2D eigenvalue weighted by Crippen LogP contribution is -2.38. The van der Waals surface area contributed by atoms with Gasteiger partial charge < -0.3 is 15.4 Å². The van der Waals surface area contributed by atoms with E-state index in [2.05, 4.69) is 64.3 Å². The van der Waals surface area contributed by atoms with E-state index in [1.165, 1.54) is 5.56 Å². The Morgan fingerprint density at radius 3 is 2.08 bits per heavy atom. The minimum atomic E-state index is -0.673. The molecule has 0 aliphatic heterocycles. The van der Waals surface area contributed by atoms with Gasteiger partial charge in [-0.3, -0.25) is 9.59 Å². The number of carbonyl (C=O) groups excluding carboxylic acids is 2. The Morgan fingerprint density at radius 2 is 1.45 bits per heavy atom. The van der Waals surface area contributed by atoms with Crippen LogP contribution in [0.15, 0.2) is 72.8 Å². The predicted molar refractivity (Wildman–Crippen MR) is 167 cm³/mol. The fourth-order valence-corrected chi connectivity index (χ4v) is 4.44. The molecule has 0 saturated heterocycles. The average molecular weight is 543 g/mol. The lowest BCUT2D eigenvalue weighted by Gasteiger charge is -2.32. The van der Waals surface area contributed by atoms with Crippen LogP contribution in [0.3, 0.4) is 0 Å². The molecule has 0 bridgehead atoms. The molecule has 0 fully saturated rings. The molecule has 5 heteroatoms. The third-order valence-corrected chi connectivity index (χ3v) is 8.05. The summed E-state index contributed by atoms with van der Waals surface area (Å²) in [6, 6.07) is 23.0. The highest BCUT2D eigenvalue weighted by molar-refractivity contribution is 5.99. The molecule has 0 aliphatic carbocycles. The van der Waals surface area contributed by atoms with E-state index in [4.69, 9.17) is 4.74 Å². The first-order valence-electron chi connectivity index (χ1n) is 14.4. The maximum absolute atomic E-state index is 13.5. The van der Waals surface area contributed by atoms with Gasteiger partial charge in [-0.25, -0.2) is 0 Å². The summed E-state index contributed by atoms with van der Waals surface area (Å²) in [5.74, 6) is 0.508. The minimum absolute atomic E-state index is 0.00228. The highest BCUT2D eigenvalue weighted by atomic mass is 16.5. The molecule has 40 heavy (non-hydrogen) atoms. The number of ether oxygens (including phenoxy) is 1. The number of benzene rings is 3. The molecular weight excluding hydrogens is 496 g/mol. The lowest BCUT2D eigenvalue weighted by atomic mass is 9.76. The number of nitrogens with one attached hydrogen (secondary N) is 2. The molecule has 0 saturated carbocycles. The van der Waals surface area contributed by atoms with E-state index >= 15 is 0 Å². The molecule has 0 spiro atoms. The van der Waals surface area contributed by atoms with Crippen molar-refractivity contribution in [3.05, 3.63) is 89.5 Å². The predicted octanol–water partition coefficient (Wildman–Crippen LogP) is 8.40. The monoisotopic (exact) mass is 542 g/mol. The zero-order valence-corrected chi connectivity index (χ0v) is 25.4. The Kier molecular flexibility index (Phi) is 10.2. The Balaban J connectivity index is 1.78. The number of carbonyl (C=O) groups is 2. The van der Waals surface area contributed by atoms with Crippen molar-refractivity contribution in [2.75, 3.05) is 17.2 Å². The van der Waals surface area contributed by atoms with Gasteiger partial charge in [-0.15, -0.1) is 0 Å². The molecule has 0 aromatic heterocycles. The molecule has 214 valence electrons. The van der Waals surface area contributed by atoms with Crippen molar-refractivity contribution in [1.29, 1.82) is 0 Å². The lowest BCUT2D eigenvalue weighted by molar-refractivity contribution is -0.124. The Labute approximate surface area is 240 Å². The van der Waals surface area contributed by atoms with Crippen molar-refractivity contribution in [3.8, 4) is 5.75 Å². The van der Waals surface area contributed by atoms with Crippen molar-refractivity contribution in [3.63, 3.8) is 0 Å². The Bertz CT molecular complexity index is 1290. The molecule has 0 aliphatic rings. The average Bonchev–Trinajstić information content (AvgIpc) is 2.94. The topological polar surface area (TPSA) is 67.4 Å². The van der Waals surface area contributed by atoms with Crippen molar-refractivity contribution in [2.45, 2.75) is 85.2 Å². The van der Waals surface area contributed by atoms with Crippen LogP contribution in [0.2, 0.25) is 0 Å². The highest BCUT2D eigenvalue weighted by Gasteiger charge is 2.30. The minimum Gasteiger partial charge on any atom is -0.480 e. The molecule has 1 atom stereocenters. The third-order valence-electron chi connectivity index (χ3n) is 8.05. The second kappa shape index (κ2) is 13.2. The number of Topliss-reactive ketones (excluding diaryl/α,β-unsaturated/α-hetero) is 1. The number of ketones is 1. The zero-order chi connectivity index (χ0) is 29.5. The quantitative estimate of drug-likeness (QED) is 0.213. The van der Waals surface area contributed by atoms with Crippen LogP contribution >= 0.6 is 0 Å². The van der Waals surface area contributed by atoms with Crippen LogP contribution in [0, 0.1) is 5.92 Å². The van der Waals surface area contributed by atoms with Gasteiger partial charge in [0.2, 0.25) is 0 Å². The van der Waals surface area contributed by atoms with Gasteiger partial charge in [-0.2, -0.15) is 0 Å². The van der Waals surface area contributed by atoms with E-state index in [1.807, 2.05) is 62.4 Å². The SMILES string of the molecule is CCC(C)(C)c1ccc(OC(C(=O)Nc2cccc(NCC(=O)c3ccccc3)c2)C(C)C)c(C(C)(C)CC)c1. The van der Waals surface area contributed by atoms with Crippen molar-refractivity contribution in [2.24, 2.45) is 5.92 Å². The third kappa shape index (κ3) is 7.74. The summed E-state index contributed by atoms with van der Waals surface area (Å²) in [6.07, 6.45) is 1.31. The zero-order valence-electron chi connectivity index (χ0n) is 25.4. The number of hydrogen-bond acceptors (Lipinski definition) is 4. The van der Waals surface area contributed by atoms with Crippen LogP contribution in [-0.2, 0) is 15.6 Å². The summed E-state index contributed by atoms with van der Waals surface area (Å²) in [4.78, 5) is 26.0. The molecular formula is C35H46N2O3. The smallest absolute Gasteiger partial charge is 0.265 e. The first-order chi connectivity index (χ1) is 18.9. The van der Waals surface area contributed by atoms with E-state index in [0.29, 0.717) is 11.3 Å². The molecule has 3 rings (SSSR count). The summed E-state index contributed by atoms with van der Waals surface area (Å²) in [5.41, 5.74) is 4.41. The van der Waals surface area contributed by atoms with E-state index in [-0.39, 0.29) is 35.0 Å². The fourth-order valence-electron chi connectivity index (χ4n) is 4.44. The maximum Gasteiger partial charge on any atom is 0.265 e. The molecule has 0 radical (unpaired) electrons. The van der Waals surface area contributed by atoms with Crippen LogP contribution in [0.4, 0.5) is 11.4 Å². The summed E-state index contributed by atoms with van der Waals surface area (Å²) >= 11 is 0. The molecule has 2 N–H and O–H groups in total. The second-order valence-corrected chi connectivity index (χ2v) is 12.2. The number of amides is 1. The van der Waals surface area contributed by atoms with Gasteiger partial charge in [-0.1, -0.05) is 104 Å². The van der Waals surface area contributed by atoms with E-state index in [9.17, 15) is 9.59 Å². The Morgan fingerprint density at radius 1 is 0.800 bits per heavy atom. The fraction of sp³-hybridized carbons (Fsp3) is 0.429. The van der Waals surface area contributed by atoms with Crippen LogP contribution in [0.5, 0.6) is 5.75 Å². The van der Waals surface area contributed by atoms with E-state index < -0.39 is 6.10 Å². The first kappa shape index (κ1) is 30.9. The molecule has 1 amide bonds. The summed E-state index contributed by atoms with van der Waals surface area (Å²) in [5, 5.41) is 6.20. The van der Waals surface area contributed by atoms with Crippen molar-refractivity contribution in [1.82, 2.24) is 0 Å². The van der Waals surface area contributed by atoms with Crippen molar-refractivity contribution < 1.29 is 14.3 Å². The summed E-state index contributed by atoms with van der Waals surface area (Å²) < 4.78 is 6.52. The Hall–Kier alpha value is -3.60. The number of anilines is 2. The molecule has 1 unspecified atom stereocenters. The van der Waals surface area contributed by atoms with Gasteiger partial charge in [0.15, 0.2) is 11.9 Å². The summed E-state index contributed by atoms with van der Waals surface area (Å²) in [6.45, 7) is 17.5. The largest absolute Gasteiger partial charge is 0.480 e. The molecule has 3 aromatic carbocycles. The van der Waals surface area contributed by atoms with E-state index in [0.717, 1.165) is 29.8 Å². The molecule has 3 aromatic rings. The van der Waals surface area contributed by atoms with Gasteiger partial charge in [0, 0.05) is 22.5 Å². The van der Waals surface area contributed by atoms with Gasteiger partial charge >= 0.3 is 0 Å². The van der Waals surface area contributed by atoms with Gasteiger partial charge in [0.05, 0.1) is 6.54 Å². The normalized spacial score (nSPS) is 12.6. The standard InChI is InChI=1S/C35H46N2O3/c1-9-34(5,6)26-19-20-31(29(21-26)35(7,8)10-2)40-32(24(3)4)33(39)37-28-18-14-17-27(22-28)36-23-30(38)25-15-12-11-13-16-25/h11-22,24,32,36H,9-10,23H2,1-8H3,(H,37,39). The van der Waals surface area contributed by atoms with Crippen LogP contribution in [-0.4, -0.2) is 24.3 Å². The molecule has 5 nitrogen and oxygen atoms in total. The van der Waals surface area contributed by atoms with Gasteiger partial charge in [0.1, 0.15) is 5.75 Å². The van der Waals surface area contributed by atoms with Crippen LogP contribution < -0.4 is 15.4 Å². The number of hydrogen-bond donors (Lipinski definition) is 2. The summed E-state index contributed by atoms with van der Waals surface area (Å²) in [7, 11) is 0. The van der Waals surface area contributed by atoms with Gasteiger partial charge in [-0.05, 0) is 59.4 Å². The van der Waals surface area contributed by atoms with Gasteiger partial charge in [0.25, 0.3) is 5.91 Å². The first-order valence-corrected chi connectivity index (χ1v) is 14.4. The van der Waals surface area contributed by atoms with Crippen LogP contribution in [0.1, 0.15) is 89.7 Å². The highest BCUT2D eigenvalue weighted by Crippen LogP contribution is 2.39. The van der Waals surface area contributed by atoms with E-state index in [1.54, 1.807) is 12.1 Å². The van der Waals surface area contributed by atoms with Crippen LogP contribution in [0.25, 0.3) is 0 Å². The maximum atomic E-state index is 13.5. The van der Waals surface area contributed by atoms with Crippen molar-refractivity contribution >= 4 is 23.1 Å². The number of rotatable bonds is 13.